The first-order chi connectivity index (χ1) is 10.2. The average Bonchev–Trinajstić information content (AvgIpc) is 3.29. The molecule has 1 aromatic rings. The van der Waals surface area contributed by atoms with Crippen LogP contribution < -0.4 is 15.0 Å². The maximum absolute atomic E-state index is 12.4. The molecule has 0 saturated heterocycles. The van der Waals surface area contributed by atoms with Gasteiger partial charge in [0.15, 0.2) is 6.10 Å². The summed E-state index contributed by atoms with van der Waals surface area (Å²) in [6.45, 7) is 2.32. The molecule has 1 heterocycles. The molecular weight excluding hydrogens is 268 g/mol. The summed E-state index contributed by atoms with van der Waals surface area (Å²) in [5, 5.41) is 2.95. The van der Waals surface area contributed by atoms with Crippen LogP contribution in [0.5, 0.6) is 5.75 Å². The van der Waals surface area contributed by atoms with E-state index in [0.29, 0.717) is 31.2 Å². The monoisotopic (exact) mass is 288 g/mol. The predicted octanol–water partition coefficient (Wildman–Crippen LogP) is 1.86. The van der Waals surface area contributed by atoms with E-state index >= 15 is 0 Å². The number of nitrogens with zero attached hydrogens (tertiary/aromatic N) is 1. The van der Waals surface area contributed by atoms with E-state index < -0.39 is 6.10 Å². The molecule has 0 spiro atoms. The first-order valence-electron chi connectivity index (χ1n) is 7.55. The number of benzene rings is 1. The van der Waals surface area contributed by atoms with Crippen LogP contribution in [0, 0.1) is 0 Å². The molecule has 1 aromatic carbocycles. The maximum atomic E-state index is 12.4. The van der Waals surface area contributed by atoms with Crippen molar-refractivity contribution in [3.63, 3.8) is 0 Å². The molecule has 21 heavy (non-hydrogen) atoms. The van der Waals surface area contributed by atoms with E-state index in [2.05, 4.69) is 5.32 Å². The van der Waals surface area contributed by atoms with Crippen LogP contribution in [0.2, 0.25) is 0 Å². The summed E-state index contributed by atoms with van der Waals surface area (Å²) >= 11 is 0. The quantitative estimate of drug-likeness (QED) is 0.899. The third kappa shape index (κ3) is 3.01. The van der Waals surface area contributed by atoms with Crippen molar-refractivity contribution in [3.05, 3.63) is 24.3 Å². The Morgan fingerprint density at radius 2 is 2.14 bits per heavy atom. The van der Waals surface area contributed by atoms with Crippen LogP contribution in [-0.4, -0.2) is 30.5 Å². The minimum absolute atomic E-state index is 0.0160. The number of rotatable bonds is 5. The molecule has 5 nitrogen and oxygen atoms in total. The second kappa shape index (κ2) is 5.76. The SMILES string of the molecule is CCC1Oc2ccccc2N(CCC(=O)NC2CC2)C1=O. The first-order valence-corrected chi connectivity index (χ1v) is 7.55. The average molecular weight is 288 g/mol. The largest absolute Gasteiger partial charge is 0.478 e. The van der Waals surface area contributed by atoms with Crippen LogP contribution in [-0.2, 0) is 9.59 Å². The predicted molar refractivity (Wildman–Crippen MR) is 79.3 cm³/mol. The Kier molecular flexibility index (Phi) is 3.82. The Hall–Kier alpha value is -2.04. The third-order valence-electron chi connectivity index (χ3n) is 3.84. The van der Waals surface area contributed by atoms with Gasteiger partial charge in [-0.3, -0.25) is 9.59 Å². The summed E-state index contributed by atoms with van der Waals surface area (Å²) in [6, 6.07) is 7.84. The second-order valence-electron chi connectivity index (χ2n) is 5.56. The highest BCUT2D eigenvalue weighted by molar-refractivity contribution is 6.00. The number of nitrogens with one attached hydrogen (secondary N) is 1. The molecule has 1 aliphatic heterocycles. The van der Waals surface area contributed by atoms with E-state index in [1.54, 1.807) is 4.90 Å². The Labute approximate surface area is 124 Å². The van der Waals surface area contributed by atoms with Crippen molar-refractivity contribution in [1.82, 2.24) is 5.32 Å². The van der Waals surface area contributed by atoms with E-state index in [0.717, 1.165) is 18.5 Å². The number of ether oxygens (including phenoxy) is 1. The molecule has 1 aliphatic carbocycles. The number of fused-ring (bicyclic) bond motifs is 1. The van der Waals surface area contributed by atoms with Gasteiger partial charge in [-0.2, -0.15) is 0 Å². The molecule has 2 aliphatic rings. The molecule has 1 saturated carbocycles. The number of hydrogen-bond acceptors (Lipinski definition) is 3. The van der Waals surface area contributed by atoms with Gasteiger partial charge in [-0.05, 0) is 31.4 Å². The second-order valence-corrected chi connectivity index (χ2v) is 5.56. The van der Waals surface area contributed by atoms with Gasteiger partial charge in [0, 0.05) is 19.0 Å². The number of para-hydroxylation sites is 2. The lowest BCUT2D eigenvalue weighted by molar-refractivity contribution is -0.126. The van der Waals surface area contributed by atoms with E-state index in [-0.39, 0.29) is 11.8 Å². The molecule has 5 heteroatoms. The number of anilines is 1. The molecule has 2 amide bonds. The normalized spacial score (nSPS) is 20.7. The summed E-state index contributed by atoms with van der Waals surface area (Å²) in [6.07, 6.45) is 2.64. The molecule has 1 atom stereocenters. The molecule has 0 bridgehead atoms. The van der Waals surface area contributed by atoms with Crippen molar-refractivity contribution in [2.75, 3.05) is 11.4 Å². The van der Waals surface area contributed by atoms with E-state index in [1.807, 2.05) is 31.2 Å². The Morgan fingerprint density at radius 1 is 1.38 bits per heavy atom. The van der Waals surface area contributed by atoms with Gasteiger partial charge in [-0.1, -0.05) is 19.1 Å². The van der Waals surface area contributed by atoms with Gasteiger partial charge < -0.3 is 15.0 Å². The highest BCUT2D eigenvalue weighted by atomic mass is 16.5. The fraction of sp³-hybridized carbons (Fsp3) is 0.500. The van der Waals surface area contributed by atoms with Crippen LogP contribution in [0.15, 0.2) is 24.3 Å². The van der Waals surface area contributed by atoms with Gasteiger partial charge in [0.25, 0.3) is 5.91 Å². The van der Waals surface area contributed by atoms with Crippen LogP contribution >= 0.6 is 0 Å². The number of amides is 2. The highest BCUT2D eigenvalue weighted by Crippen LogP contribution is 2.34. The van der Waals surface area contributed by atoms with E-state index in [1.165, 1.54) is 0 Å². The minimum Gasteiger partial charge on any atom is -0.478 e. The molecule has 1 fully saturated rings. The summed E-state index contributed by atoms with van der Waals surface area (Å²) in [4.78, 5) is 25.9. The number of hydrogen-bond donors (Lipinski definition) is 1. The number of carbonyl (C=O) groups excluding carboxylic acids is 2. The number of carbonyl (C=O) groups is 2. The van der Waals surface area contributed by atoms with Gasteiger partial charge in [-0.25, -0.2) is 0 Å². The minimum atomic E-state index is -0.452. The van der Waals surface area contributed by atoms with Crippen LogP contribution in [0.4, 0.5) is 5.69 Å². The molecule has 0 radical (unpaired) electrons. The molecule has 1 unspecified atom stereocenters. The van der Waals surface area contributed by atoms with Gasteiger partial charge in [0.1, 0.15) is 5.75 Å². The van der Waals surface area contributed by atoms with Crippen molar-refractivity contribution in [2.24, 2.45) is 0 Å². The maximum Gasteiger partial charge on any atom is 0.268 e. The van der Waals surface area contributed by atoms with Crippen molar-refractivity contribution >= 4 is 17.5 Å². The van der Waals surface area contributed by atoms with Gasteiger partial charge >= 0.3 is 0 Å². The Balaban J connectivity index is 1.71. The fourth-order valence-electron chi connectivity index (χ4n) is 2.51. The Morgan fingerprint density at radius 3 is 2.86 bits per heavy atom. The molecular formula is C16H20N2O3. The van der Waals surface area contributed by atoms with Gasteiger partial charge in [-0.15, -0.1) is 0 Å². The van der Waals surface area contributed by atoms with Crippen LogP contribution in [0.1, 0.15) is 32.6 Å². The van der Waals surface area contributed by atoms with Gasteiger partial charge in [0.2, 0.25) is 5.91 Å². The Bertz CT molecular complexity index is 554. The molecule has 0 aromatic heterocycles. The van der Waals surface area contributed by atoms with Crippen LogP contribution in [0.3, 0.4) is 0 Å². The summed E-state index contributed by atoms with van der Waals surface area (Å²) in [7, 11) is 0. The van der Waals surface area contributed by atoms with Crippen molar-refractivity contribution < 1.29 is 14.3 Å². The third-order valence-corrected chi connectivity index (χ3v) is 3.84. The molecule has 112 valence electrons. The highest BCUT2D eigenvalue weighted by Gasteiger charge is 2.33. The first kappa shape index (κ1) is 13.9. The zero-order chi connectivity index (χ0) is 14.8. The van der Waals surface area contributed by atoms with E-state index in [4.69, 9.17) is 4.74 Å². The topological polar surface area (TPSA) is 58.6 Å². The molecule has 3 rings (SSSR count). The van der Waals surface area contributed by atoms with Crippen LogP contribution in [0.25, 0.3) is 0 Å². The lowest BCUT2D eigenvalue weighted by Gasteiger charge is -2.33. The fourth-order valence-corrected chi connectivity index (χ4v) is 2.51. The molecule has 1 N–H and O–H groups in total. The summed E-state index contributed by atoms with van der Waals surface area (Å²) in [5.74, 6) is 0.671. The summed E-state index contributed by atoms with van der Waals surface area (Å²) < 4.78 is 5.71. The lowest BCUT2D eigenvalue weighted by atomic mass is 10.1. The smallest absolute Gasteiger partial charge is 0.268 e. The lowest BCUT2D eigenvalue weighted by Crippen LogP contribution is -2.47. The zero-order valence-corrected chi connectivity index (χ0v) is 12.2. The van der Waals surface area contributed by atoms with Crippen molar-refractivity contribution in [1.29, 1.82) is 0 Å². The standard InChI is InChI=1S/C16H20N2O3/c1-2-13-16(20)18(10-9-15(19)17-11-7-8-11)12-5-3-4-6-14(12)21-13/h3-6,11,13H,2,7-10H2,1H3,(H,17,19). The van der Waals surface area contributed by atoms with Gasteiger partial charge in [0.05, 0.1) is 5.69 Å². The van der Waals surface area contributed by atoms with Crippen molar-refractivity contribution in [2.45, 2.75) is 44.8 Å². The zero-order valence-electron chi connectivity index (χ0n) is 12.2. The van der Waals surface area contributed by atoms with Crippen molar-refractivity contribution in [3.8, 4) is 5.75 Å². The van der Waals surface area contributed by atoms with E-state index in [9.17, 15) is 9.59 Å². The summed E-state index contributed by atoms with van der Waals surface area (Å²) in [5.41, 5.74) is 0.756.